The summed E-state index contributed by atoms with van der Waals surface area (Å²) >= 11 is 7.21. The Morgan fingerprint density at radius 3 is 2.62 bits per heavy atom. The normalized spacial score (nSPS) is 13.6. The van der Waals surface area contributed by atoms with Crippen molar-refractivity contribution in [2.45, 2.75) is 24.5 Å². The number of benzene rings is 1. The summed E-state index contributed by atoms with van der Waals surface area (Å²) in [5.41, 5.74) is 0.573. The van der Waals surface area contributed by atoms with E-state index in [1.807, 2.05) is 6.07 Å². The minimum absolute atomic E-state index is 0.172. The number of aliphatic hydroxyl groups is 1. The predicted octanol–water partition coefficient (Wildman–Crippen LogP) is 3.28. The van der Waals surface area contributed by atoms with E-state index in [0.29, 0.717) is 9.90 Å². The number of thiophene rings is 1. The number of halogens is 1. The van der Waals surface area contributed by atoms with Gasteiger partial charge in [-0.1, -0.05) is 23.7 Å². The lowest BCUT2D eigenvalue weighted by Gasteiger charge is -2.17. The first-order valence-corrected chi connectivity index (χ1v) is 8.93. The molecule has 0 saturated heterocycles. The fourth-order valence-electron chi connectivity index (χ4n) is 1.86. The van der Waals surface area contributed by atoms with Gasteiger partial charge in [0.05, 0.1) is 15.3 Å². The van der Waals surface area contributed by atoms with E-state index >= 15 is 0 Å². The number of sulfonamides is 1. The summed E-state index contributed by atoms with van der Waals surface area (Å²) in [5, 5.41) is 9.57. The molecule has 0 spiro atoms. The fourth-order valence-corrected chi connectivity index (χ4v) is 4.28. The topological polar surface area (TPSA) is 57.6 Å². The molecule has 114 valence electrons. The molecule has 0 aliphatic carbocycles. The molecule has 1 heterocycles. The summed E-state index contributed by atoms with van der Waals surface area (Å²) in [6.45, 7) is 1.86. The van der Waals surface area contributed by atoms with E-state index in [4.69, 9.17) is 11.6 Å². The maximum Gasteiger partial charge on any atom is 0.243 e. The second kappa shape index (κ2) is 6.46. The van der Waals surface area contributed by atoms with E-state index in [2.05, 4.69) is 0 Å². The first-order valence-electron chi connectivity index (χ1n) is 6.29. The van der Waals surface area contributed by atoms with E-state index < -0.39 is 16.1 Å². The Morgan fingerprint density at radius 1 is 1.33 bits per heavy atom. The molecule has 1 unspecified atom stereocenters. The minimum atomic E-state index is -3.60. The molecule has 1 aromatic heterocycles. The van der Waals surface area contributed by atoms with E-state index in [1.165, 1.54) is 34.8 Å². The molecule has 0 saturated carbocycles. The highest BCUT2D eigenvalue weighted by Gasteiger charge is 2.22. The molecule has 7 heteroatoms. The molecule has 4 nitrogen and oxygen atoms in total. The van der Waals surface area contributed by atoms with Crippen molar-refractivity contribution in [1.82, 2.24) is 4.31 Å². The quantitative estimate of drug-likeness (QED) is 0.904. The lowest BCUT2D eigenvalue weighted by molar-refractivity contribution is 0.199. The second-order valence-corrected chi connectivity index (χ2v) is 8.56. The molecule has 0 bridgehead atoms. The highest BCUT2D eigenvalue weighted by Crippen LogP contribution is 2.25. The third-order valence-electron chi connectivity index (χ3n) is 3.06. The van der Waals surface area contributed by atoms with Crippen molar-refractivity contribution in [2.24, 2.45) is 0 Å². The van der Waals surface area contributed by atoms with E-state index in [0.717, 1.165) is 4.88 Å². The van der Waals surface area contributed by atoms with Crippen molar-refractivity contribution in [3.63, 3.8) is 0 Å². The van der Waals surface area contributed by atoms with Crippen LogP contribution in [0.15, 0.2) is 41.3 Å². The molecular formula is C14H16ClNO3S2. The van der Waals surface area contributed by atoms with Gasteiger partial charge in [-0.05, 0) is 36.8 Å². The van der Waals surface area contributed by atoms with Gasteiger partial charge < -0.3 is 5.11 Å². The van der Waals surface area contributed by atoms with E-state index in [1.54, 1.807) is 25.1 Å². The lowest BCUT2D eigenvalue weighted by Crippen LogP contribution is -2.26. The Kier molecular flexibility index (Phi) is 5.06. The monoisotopic (exact) mass is 345 g/mol. The molecule has 0 aliphatic heterocycles. The standard InChI is InChI=1S/C14H16ClNO3S2/c1-10(17)11-4-3-5-13(8-11)21(18,19)16(2)9-12-6-7-14(15)20-12/h3-8,10,17H,9H2,1-2H3. The molecule has 21 heavy (non-hydrogen) atoms. The van der Waals surface area contributed by atoms with Gasteiger partial charge >= 0.3 is 0 Å². The maximum absolute atomic E-state index is 12.5. The van der Waals surface area contributed by atoms with Crippen LogP contribution in [0.3, 0.4) is 0 Å². The predicted molar refractivity (Wildman–Crippen MR) is 85.1 cm³/mol. The van der Waals surface area contributed by atoms with Crippen molar-refractivity contribution in [3.8, 4) is 0 Å². The lowest BCUT2D eigenvalue weighted by atomic mass is 10.1. The third-order valence-corrected chi connectivity index (χ3v) is 6.07. The van der Waals surface area contributed by atoms with Gasteiger partial charge in [-0.25, -0.2) is 8.42 Å². The Hall–Kier alpha value is -0.920. The molecule has 1 aromatic carbocycles. The zero-order chi connectivity index (χ0) is 15.6. The van der Waals surface area contributed by atoms with Crippen molar-refractivity contribution in [2.75, 3.05) is 7.05 Å². The van der Waals surface area contributed by atoms with Crippen LogP contribution in [0.2, 0.25) is 4.34 Å². The Balaban J connectivity index is 2.26. The summed E-state index contributed by atoms with van der Waals surface area (Å²) in [7, 11) is -2.07. The second-order valence-electron chi connectivity index (χ2n) is 4.72. The number of nitrogens with zero attached hydrogens (tertiary/aromatic N) is 1. The van der Waals surface area contributed by atoms with Crippen LogP contribution in [-0.4, -0.2) is 24.9 Å². The smallest absolute Gasteiger partial charge is 0.243 e. The minimum Gasteiger partial charge on any atom is -0.389 e. The number of hydrogen-bond donors (Lipinski definition) is 1. The first-order chi connectivity index (χ1) is 9.80. The van der Waals surface area contributed by atoms with E-state index in [9.17, 15) is 13.5 Å². The summed E-state index contributed by atoms with van der Waals surface area (Å²) in [6.07, 6.45) is -0.707. The highest BCUT2D eigenvalue weighted by molar-refractivity contribution is 7.89. The largest absolute Gasteiger partial charge is 0.389 e. The van der Waals surface area contributed by atoms with Gasteiger partial charge in [0.2, 0.25) is 10.0 Å². The van der Waals surface area contributed by atoms with Crippen LogP contribution in [0.4, 0.5) is 0 Å². The zero-order valence-electron chi connectivity index (χ0n) is 11.7. The molecule has 0 radical (unpaired) electrons. The Morgan fingerprint density at radius 2 is 2.05 bits per heavy atom. The zero-order valence-corrected chi connectivity index (χ0v) is 14.0. The molecule has 2 aromatic rings. The SMILES string of the molecule is CC(O)c1cccc(S(=O)(=O)N(C)Cc2ccc(Cl)s2)c1. The molecule has 1 atom stereocenters. The fraction of sp³-hybridized carbons (Fsp3) is 0.286. The van der Waals surface area contributed by atoms with E-state index in [-0.39, 0.29) is 11.4 Å². The average molecular weight is 346 g/mol. The average Bonchev–Trinajstić information content (AvgIpc) is 2.84. The molecular weight excluding hydrogens is 330 g/mol. The molecule has 0 aliphatic rings. The first kappa shape index (κ1) is 16.5. The van der Waals surface area contributed by atoms with Crippen LogP contribution >= 0.6 is 22.9 Å². The molecule has 0 amide bonds. The maximum atomic E-state index is 12.5. The molecule has 2 rings (SSSR count). The van der Waals surface area contributed by atoms with Gasteiger partial charge in [-0.15, -0.1) is 11.3 Å². The van der Waals surface area contributed by atoms with Crippen molar-refractivity contribution in [3.05, 3.63) is 51.2 Å². The summed E-state index contributed by atoms with van der Waals surface area (Å²) < 4.78 is 27.0. The van der Waals surface area contributed by atoms with Crippen LogP contribution in [0.25, 0.3) is 0 Å². The van der Waals surface area contributed by atoms with Gasteiger partial charge in [0.25, 0.3) is 0 Å². The van der Waals surface area contributed by atoms with Crippen LogP contribution in [0, 0.1) is 0 Å². The van der Waals surface area contributed by atoms with Crippen LogP contribution < -0.4 is 0 Å². The Labute approximate surface area is 133 Å². The van der Waals surface area contributed by atoms with Crippen molar-refractivity contribution < 1.29 is 13.5 Å². The summed E-state index contributed by atoms with van der Waals surface area (Å²) in [5.74, 6) is 0. The molecule has 0 fully saturated rings. The highest BCUT2D eigenvalue weighted by atomic mass is 35.5. The van der Waals surface area contributed by atoms with Crippen molar-refractivity contribution >= 4 is 33.0 Å². The number of hydrogen-bond acceptors (Lipinski definition) is 4. The number of aliphatic hydroxyl groups excluding tert-OH is 1. The summed E-state index contributed by atoms with van der Waals surface area (Å²) in [6, 6.07) is 9.91. The Bertz CT molecular complexity index is 725. The van der Waals surface area contributed by atoms with Gasteiger partial charge in [0.15, 0.2) is 0 Å². The van der Waals surface area contributed by atoms with Gasteiger partial charge in [-0.2, -0.15) is 4.31 Å². The number of rotatable bonds is 5. The van der Waals surface area contributed by atoms with Crippen LogP contribution in [-0.2, 0) is 16.6 Å². The van der Waals surface area contributed by atoms with Crippen LogP contribution in [0.1, 0.15) is 23.5 Å². The van der Waals surface area contributed by atoms with Crippen molar-refractivity contribution in [1.29, 1.82) is 0 Å². The summed E-state index contributed by atoms with van der Waals surface area (Å²) in [4.78, 5) is 1.05. The van der Waals surface area contributed by atoms with Gasteiger partial charge in [0, 0.05) is 18.5 Å². The third kappa shape index (κ3) is 3.84. The van der Waals surface area contributed by atoms with Crippen LogP contribution in [0.5, 0.6) is 0 Å². The van der Waals surface area contributed by atoms with Gasteiger partial charge in [-0.3, -0.25) is 0 Å². The molecule has 1 N–H and O–H groups in total. The van der Waals surface area contributed by atoms with Gasteiger partial charge in [0.1, 0.15) is 0 Å².